The molecule has 0 bridgehead atoms. The molecule has 86 valence electrons. The van der Waals surface area contributed by atoms with Gasteiger partial charge in [0.05, 0.1) is 5.54 Å². The van der Waals surface area contributed by atoms with Crippen molar-refractivity contribution in [3.63, 3.8) is 0 Å². The molecule has 16 heavy (non-hydrogen) atoms. The Bertz CT molecular complexity index is 444. The van der Waals surface area contributed by atoms with Gasteiger partial charge in [-0.15, -0.1) is 11.3 Å². The van der Waals surface area contributed by atoms with Crippen molar-refractivity contribution in [2.75, 3.05) is 5.32 Å². The van der Waals surface area contributed by atoms with Crippen molar-refractivity contribution in [3.8, 4) is 0 Å². The predicted octanol–water partition coefficient (Wildman–Crippen LogP) is 2.71. The molecule has 0 aliphatic rings. The average Bonchev–Trinajstić information content (AvgIpc) is 2.86. The molecule has 2 aromatic heterocycles. The SMILES string of the molecule is CCn1ccnc1NC(C)(C)c1nccs1. The molecule has 0 amide bonds. The highest BCUT2D eigenvalue weighted by Crippen LogP contribution is 2.26. The smallest absolute Gasteiger partial charge is 0.203 e. The van der Waals surface area contributed by atoms with E-state index in [4.69, 9.17) is 0 Å². The van der Waals surface area contributed by atoms with E-state index in [1.54, 1.807) is 11.3 Å². The highest BCUT2D eigenvalue weighted by Gasteiger charge is 2.24. The van der Waals surface area contributed by atoms with E-state index < -0.39 is 0 Å². The van der Waals surface area contributed by atoms with Crippen LogP contribution in [0.15, 0.2) is 24.0 Å². The Morgan fingerprint density at radius 1 is 1.38 bits per heavy atom. The third kappa shape index (κ3) is 2.09. The molecule has 1 N–H and O–H groups in total. The van der Waals surface area contributed by atoms with Gasteiger partial charge in [-0.2, -0.15) is 0 Å². The molecule has 0 spiro atoms. The second-order valence-corrected chi connectivity index (χ2v) is 5.02. The van der Waals surface area contributed by atoms with Gasteiger partial charge >= 0.3 is 0 Å². The molecule has 2 heterocycles. The molecule has 0 atom stereocenters. The lowest BCUT2D eigenvalue weighted by molar-refractivity contribution is 0.586. The fourth-order valence-corrected chi connectivity index (χ4v) is 2.27. The summed E-state index contributed by atoms with van der Waals surface area (Å²) in [5.74, 6) is 0.891. The van der Waals surface area contributed by atoms with Crippen LogP contribution in [0.4, 0.5) is 5.95 Å². The van der Waals surface area contributed by atoms with Gasteiger partial charge in [0, 0.05) is 30.5 Å². The summed E-state index contributed by atoms with van der Waals surface area (Å²) in [6.07, 6.45) is 5.61. The molecule has 0 aliphatic heterocycles. The number of rotatable bonds is 4. The van der Waals surface area contributed by atoms with Crippen LogP contribution >= 0.6 is 11.3 Å². The van der Waals surface area contributed by atoms with Crippen molar-refractivity contribution >= 4 is 17.3 Å². The second-order valence-electron chi connectivity index (χ2n) is 4.12. The number of imidazole rings is 1. The van der Waals surface area contributed by atoms with Crippen molar-refractivity contribution in [1.29, 1.82) is 0 Å². The first kappa shape index (κ1) is 11.1. The van der Waals surface area contributed by atoms with Gasteiger partial charge in [0.25, 0.3) is 0 Å². The van der Waals surface area contributed by atoms with E-state index >= 15 is 0 Å². The Balaban J connectivity index is 2.21. The van der Waals surface area contributed by atoms with Crippen LogP contribution in [-0.2, 0) is 12.1 Å². The minimum Gasteiger partial charge on any atom is -0.344 e. The van der Waals surface area contributed by atoms with Crippen molar-refractivity contribution < 1.29 is 0 Å². The Morgan fingerprint density at radius 2 is 2.19 bits per heavy atom. The number of hydrogen-bond acceptors (Lipinski definition) is 4. The highest BCUT2D eigenvalue weighted by molar-refractivity contribution is 7.09. The first-order valence-corrected chi connectivity index (χ1v) is 6.20. The quantitative estimate of drug-likeness (QED) is 0.887. The van der Waals surface area contributed by atoms with E-state index in [2.05, 4.69) is 40.6 Å². The fourth-order valence-electron chi connectivity index (χ4n) is 1.55. The van der Waals surface area contributed by atoms with Gasteiger partial charge in [-0.1, -0.05) is 0 Å². The van der Waals surface area contributed by atoms with Gasteiger partial charge in [0.15, 0.2) is 0 Å². The first-order chi connectivity index (χ1) is 7.63. The largest absolute Gasteiger partial charge is 0.344 e. The van der Waals surface area contributed by atoms with Crippen molar-refractivity contribution in [2.24, 2.45) is 0 Å². The summed E-state index contributed by atoms with van der Waals surface area (Å²) in [5.41, 5.74) is -0.188. The molecule has 0 saturated heterocycles. The zero-order valence-electron chi connectivity index (χ0n) is 9.77. The van der Waals surface area contributed by atoms with E-state index in [9.17, 15) is 0 Å². The van der Waals surface area contributed by atoms with Gasteiger partial charge in [0.1, 0.15) is 5.01 Å². The highest BCUT2D eigenvalue weighted by atomic mass is 32.1. The van der Waals surface area contributed by atoms with Gasteiger partial charge < -0.3 is 9.88 Å². The molecule has 4 nitrogen and oxygen atoms in total. The zero-order chi connectivity index (χ0) is 11.6. The van der Waals surface area contributed by atoms with Crippen LogP contribution in [0, 0.1) is 0 Å². The molecule has 0 unspecified atom stereocenters. The van der Waals surface area contributed by atoms with E-state index in [1.165, 1.54) is 0 Å². The minimum absolute atomic E-state index is 0.188. The summed E-state index contributed by atoms with van der Waals surface area (Å²) in [4.78, 5) is 8.65. The molecular weight excluding hydrogens is 220 g/mol. The third-order valence-corrected chi connectivity index (χ3v) is 3.54. The van der Waals surface area contributed by atoms with Crippen LogP contribution in [0.5, 0.6) is 0 Å². The molecule has 0 radical (unpaired) electrons. The summed E-state index contributed by atoms with van der Waals surface area (Å²) in [5, 5.41) is 6.48. The Hall–Kier alpha value is -1.36. The number of aryl methyl sites for hydroxylation is 1. The van der Waals surface area contributed by atoms with E-state index in [0.29, 0.717) is 0 Å². The first-order valence-electron chi connectivity index (χ1n) is 5.33. The second kappa shape index (κ2) is 4.25. The van der Waals surface area contributed by atoms with Gasteiger partial charge in [-0.3, -0.25) is 0 Å². The summed E-state index contributed by atoms with van der Waals surface area (Å²) in [6.45, 7) is 7.24. The molecular formula is C11H16N4S. The normalized spacial score (nSPS) is 11.7. The Labute approximate surface area is 99.4 Å². The van der Waals surface area contributed by atoms with Crippen molar-refractivity contribution in [1.82, 2.24) is 14.5 Å². The van der Waals surface area contributed by atoms with E-state index in [0.717, 1.165) is 17.5 Å². The van der Waals surface area contributed by atoms with Crippen molar-refractivity contribution in [2.45, 2.75) is 32.9 Å². The third-order valence-electron chi connectivity index (χ3n) is 2.45. The molecule has 5 heteroatoms. The van der Waals surface area contributed by atoms with Gasteiger partial charge in [0.2, 0.25) is 5.95 Å². The molecule has 0 fully saturated rings. The molecule has 2 rings (SSSR count). The standard InChI is InChI=1S/C11H16N4S/c1-4-15-7-5-13-10(15)14-11(2,3)9-12-6-8-16-9/h5-8H,4H2,1-3H3,(H,13,14). The average molecular weight is 236 g/mol. The van der Waals surface area contributed by atoms with Gasteiger partial charge in [-0.25, -0.2) is 9.97 Å². The number of anilines is 1. The number of aromatic nitrogens is 3. The number of thiazole rings is 1. The number of hydrogen-bond donors (Lipinski definition) is 1. The summed E-state index contributed by atoms with van der Waals surface area (Å²) in [6, 6.07) is 0. The molecule has 0 aromatic carbocycles. The van der Waals surface area contributed by atoms with Crippen LogP contribution < -0.4 is 5.32 Å². The maximum absolute atomic E-state index is 4.34. The number of nitrogens with zero attached hydrogens (tertiary/aromatic N) is 3. The van der Waals surface area contributed by atoms with Crippen molar-refractivity contribution in [3.05, 3.63) is 29.0 Å². The molecule has 0 aliphatic carbocycles. The zero-order valence-corrected chi connectivity index (χ0v) is 10.6. The Kier molecular flexibility index (Phi) is 2.96. The predicted molar refractivity (Wildman–Crippen MR) is 66.7 cm³/mol. The topological polar surface area (TPSA) is 42.7 Å². The van der Waals surface area contributed by atoms with Crippen LogP contribution in [0.3, 0.4) is 0 Å². The van der Waals surface area contributed by atoms with Crippen LogP contribution in [0.1, 0.15) is 25.8 Å². The van der Waals surface area contributed by atoms with Gasteiger partial charge in [-0.05, 0) is 20.8 Å². The lowest BCUT2D eigenvalue weighted by Gasteiger charge is -2.24. The monoisotopic (exact) mass is 236 g/mol. The lowest BCUT2D eigenvalue weighted by atomic mass is 10.1. The molecule has 0 saturated carbocycles. The van der Waals surface area contributed by atoms with Crippen LogP contribution in [0.25, 0.3) is 0 Å². The summed E-state index contributed by atoms with van der Waals surface area (Å²) < 4.78 is 2.08. The fraction of sp³-hybridized carbons (Fsp3) is 0.455. The maximum Gasteiger partial charge on any atom is 0.203 e. The summed E-state index contributed by atoms with van der Waals surface area (Å²) in [7, 11) is 0. The Morgan fingerprint density at radius 3 is 2.81 bits per heavy atom. The maximum atomic E-state index is 4.34. The van der Waals surface area contributed by atoms with E-state index in [1.807, 2.05) is 24.0 Å². The molecule has 2 aromatic rings. The van der Waals surface area contributed by atoms with Crippen LogP contribution in [0.2, 0.25) is 0 Å². The summed E-state index contributed by atoms with van der Waals surface area (Å²) >= 11 is 1.65. The van der Waals surface area contributed by atoms with Crippen LogP contribution in [-0.4, -0.2) is 14.5 Å². The minimum atomic E-state index is -0.188. The van der Waals surface area contributed by atoms with E-state index in [-0.39, 0.29) is 5.54 Å². The lowest BCUT2D eigenvalue weighted by Crippen LogP contribution is -2.29. The number of nitrogens with one attached hydrogen (secondary N) is 1.